The maximum absolute atomic E-state index is 5.23. The Morgan fingerprint density at radius 3 is 1.43 bits per heavy atom. The van der Waals surface area contributed by atoms with E-state index in [9.17, 15) is 0 Å². The van der Waals surface area contributed by atoms with Crippen LogP contribution in [0.5, 0.6) is 0 Å². The van der Waals surface area contributed by atoms with Crippen LogP contribution in [-0.2, 0) is 31.9 Å². The summed E-state index contributed by atoms with van der Waals surface area (Å²) in [6.45, 7) is 13.6. The van der Waals surface area contributed by atoms with Crippen molar-refractivity contribution in [3.8, 4) is 17.1 Å². The fourth-order valence-corrected chi connectivity index (χ4v) is 9.18. The Morgan fingerprint density at radius 2 is 0.883 bits per heavy atom. The summed E-state index contributed by atoms with van der Waals surface area (Å²) in [5.74, 6) is 1.73. The van der Waals surface area contributed by atoms with Crippen LogP contribution in [0.15, 0.2) is 140 Å². The Balaban J connectivity index is 0.00000408. The Bertz CT molecular complexity index is 3700. The first kappa shape index (κ1) is 36.6. The van der Waals surface area contributed by atoms with Gasteiger partial charge in [0.05, 0.1) is 44.1 Å². The average Bonchev–Trinajstić information content (AvgIpc) is 4.02. The molecule has 0 aliphatic heterocycles. The summed E-state index contributed by atoms with van der Waals surface area (Å²) in [5, 5.41) is 2.29. The second-order valence-electron chi connectivity index (χ2n) is 17.9. The molecule has 7 nitrogen and oxygen atoms in total. The van der Waals surface area contributed by atoms with Crippen molar-refractivity contribution in [1.29, 1.82) is 0 Å². The molecule has 0 atom stereocenters. The summed E-state index contributed by atoms with van der Waals surface area (Å²) < 4.78 is 11.4. The molecule has 0 aliphatic carbocycles. The molecule has 294 valence electrons. The van der Waals surface area contributed by atoms with Gasteiger partial charge in [-0.2, -0.15) is 12.1 Å². The van der Waals surface area contributed by atoms with Crippen LogP contribution in [-0.4, -0.2) is 32.5 Å². The van der Waals surface area contributed by atoms with E-state index >= 15 is 0 Å². The molecule has 0 unspecified atom stereocenters. The third-order valence-electron chi connectivity index (χ3n) is 12.2. The van der Waals surface area contributed by atoms with Gasteiger partial charge in [-0.1, -0.05) is 119 Å². The largest absolute Gasteiger partial charge is 2.00 e. The molecule has 60 heavy (non-hydrogen) atoms. The van der Waals surface area contributed by atoms with Crippen LogP contribution in [0.4, 0.5) is 0 Å². The number of imidazole rings is 4. The molecule has 0 amide bonds. The first-order valence-corrected chi connectivity index (χ1v) is 20.4. The standard InChI is InChI=1S/C52H41N7.Pt/c1-51(2,3)32-22-26-44-47(28-32)56(49-53-39-17-8-11-20-42(39)58(44)49)35-15-13-14-34(30-35)55-41-19-10-7-16-37(41)38-25-24-36(31-46(38)55)57-48-29-33(52(4,5)6)23-27-45(48)59-43-21-12-9-18-40(43)54-50(57)59;/h7-29H,1-6H3;/q-2;+2. The number of aromatic nitrogens is 7. The van der Waals surface area contributed by atoms with Gasteiger partial charge in [-0.15, -0.1) is 35.7 Å². The van der Waals surface area contributed by atoms with E-state index in [1.807, 2.05) is 0 Å². The second-order valence-corrected chi connectivity index (χ2v) is 17.9. The number of nitrogens with zero attached hydrogens (tertiary/aromatic N) is 7. The summed E-state index contributed by atoms with van der Waals surface area (Å²) >= 11 is 0. The van der Waals surface area contributed by atoms with Crippen LogP contribution >= 0.6 is 0 Å². The van der Waals surface area contributed by atoms with E-state index in [4.69, 9.17) is 9.97 Å². The molecule has 5 aromatic heterocycles. The van der Waals surface area contributed by atoms with Gasteiger partial charge in [-0.05, 0) is 81.9 Å². The molecule has 0 spiro atoms. The van der Waals surface area contributed by atoms with Crippen LogP contribution in [0.3, 0.4) is 0 Å². The SMILES string of the molecule is CC(C)(C)c1ccc2c(c1)n(-c1[c-]c(-n3c4[c-]c(-n5c6cc(C(C)(C)C)ccc6n6c7ccccc7nc56)ccc4c4ccccc43)ccc1)c1nc3ccccc3n21.[Pt+2]. The van der Waals surface area contributed by atoms with Crippen molar-refractivity contribution in [2.75, 3.05) is 0 Å². The molecule has 12 rings (SSSR count). The number of benzene rings is 7. The fourth-order valence-electron chi connectivity index (χ4n) is 9.18. The van der Waals surface area contributed by atoms with Crippen molar-refractivity contribution in [2.24, 2.45) is 0 Å². The Labute approximate surface area is 361 Å². The average molecular weight is 959 g/mol. The van der Waals surface area contributed by atoms with Crippen molar-refractivity contribution >= 4 is 77.5 Å². The normalized spacial score (nSPS) is 12.7. The van der Waals surface area contributed by atoms with E-state index in [0.29, 0.717) is 0 Å². The first-order chi connectivity index (χ1) is 28.5. The van der Waals surface area contributed by atoms with Gasteiger partial charge >= 0.3 is 21.1 Å². The number of hydrogen-bond donors (Lipinski definition) is 0. The van der Waals surface area contributed by atoms with Crippen molar-refractivity contribution < 1.29 is 21.1 Å². The van der Waals surface area contributed by atoms with Crippen LogP contribution in [0, 0.1) is 12.1 Å². The molecule has 0 saturated carbocycles. The summed E-state index contributed by atoms with van der Waals surface area (Å²) in [6.07, 6.45) is 0. The van der Waals surface area contributed by atoms with Crippen LogP contribution < -0.4 is 0 Å². The zero-order valence-corrected chi connectivity index (χ0v) is 36.5. The Morgan fingerprint density at radius 1 is 0.400 bits per heavy atom. The van der Waals surface area contributed by atoms with Gasteiger partial charge in [0.1, 0.15) is 0 Å². The van der Waals surface area contributed by atoms with Crippen molar-refractivity contribution in [3.05, 3.63) is 163 Å². The zero-order valence-electron chi connectivity index (χ0n) is 34.2. The molecule has 0 saturated heterocycles. The van der Waals surface area contributed by atoms with Crippen LogP contribution in [0.25, 0.3) is 94.6 Å². The summed E-state index contributed by atoms with van der Waals surface area (Å²) in [5.41, 5.74) is 15.9. The van der Waals surface area contributed by atoms with E-state index in [1.165, 1.54) is 11.1 Å². The van der Waals surface area contributed by atoms with Crippen molar-refractivity contribution in [2.45, 2.75) is 52.4 Å². The van der Waals surface area contributed by atoms with Gasteiger partial charge in [-0.3, -0.25) is 8.80 Å². The quantitative estimate of drug-likeness (QED) is 0.166. The summed E-state index contributed by atoms with van der Waals surface area (Å²) in [6, 6.07) is 57.8. The summed E-state index contributed by atoms with van der Waals surface area (Å²) in [4.78, 5) is 10.5. The van der Waals surface area contributed by atoms with Gasteiger partial charge in [-0.25, -0.2) is 9.97 Å². The molecule has 0 radical (unpaired) electrons. The minimum Gasteiger partial charge on any atom is -0.358 e. The zero-order chi connectivity index (χ0) is 39.9. The molecule has 7 aromatic carbocycles. The predicted octanol–water partition coefficient (Wildman–Crippen LogP) is 12.5. The molecule has 5 heterocycles. The number of rotatable bonds is 3. The van der Waals surface area contributed by atoms with E-state index < -0.39 is 0 Å². The van der Waals surface area contributed by atoms with Gasteiger partial charge < -0.3 is 13.7 Å². The topological polar surface area (TPSA) is 49.4 Å². The maximum atomic E-state index is 5.23. The van der Waals surface area contributed by atoms with Crippen molar-refractivity contribution in [1.82, 2.24) is 32.5 Å². The van der Waals surface area contributed by atoms with E-state index in [-0.39, 0.29) is 31.9 Å². The molecule has 12 aromatic rings. The maximum Gasteiger partial charge on any atom is 2.00 e. The van der Waals surface area contributed by atoms with Gasteiger partial charge in [0, 0.05) is 5.52 Å². The monoisotopic (exact) mass is 958 g/mol. The molecule has 0 bridgehead atoms. The number of fused-ring (bicyclic) bond motifs is 13. The molecule has 0 aliphatic rings. The minimum atomic E-state index is -0.0254. The van der Waals surface area contributed by atoms with Gasteiger partial charge in [0.25, 0.3) is 0 Å². The van der Waals surface area contributed by atoms with Gasteiger partial charge in [0.2, 0.25) is 11.6 Å². The number of hydrogen-bond acceptors (Lipinski definition) is 2. The number of para-hydroxylation sites is 5. The molecule has 8 heteroatoms. The van der Waals surface area contributed by atoms with E-state index in [0.717, 1.165) is 94.6 Å². The predicted molar refractivity (Wildman–Crippen MR) is 242 cm³/mol. The second kappa shape index (κ2) is 12.8. The van der Waals surface area contributed by atoms with Crippen molar-refractivity contribution in [3.63, 3.8) is 0 Å². The van der Waals surface area contributed by atoms with Gasteiger partial charge in [0.15, 0.2) is 0 Å². The van der Waals surface area contributed by atoms with Crippen LogP contribution in [0.2, 0.25) is 0 Å². The molecule has 0 N–H and O–H groups in total. The minimum absolute atomic E-state index is 0. The van der Waals surface area contributed by atoms with E-state index in [1.54, 1.807) is 0 Å². The Hall–Kier alpha value is -6.43. The van der Waals surface area contributed by atoms with Crippen LogP contribution in [0.1, 0.15) is 52.7 Å². The van der Waals surface area contributed by atoms with E-state index in [2.05, 4.69) is 216 Å². The molecular formula is C52H41N7Pt. The first-order valence-electron chi connectivity index (χ1n) is 20.4. The third kappa shape index (κ3) is 5.18. The summed E-state index contributed by atoms with van der Waals surface area (Å²) in [7, 11) is 0. The smallest absolute Gasteiger partial charge is 0.358 e. The molecular weight excluding hydrogens is 918 g/mol. The fraction of sp³-hybridized carbons (Fsp3) is 0.154. The third-order valence-corrected chi connectivity index (χ3v) is 12.2. The molecule has 0 fully saturated rings. The Kier molecular flexibility index (Phi) is 7.81.